The molecule has 0 unspecified atom stereocenters. The lowest BCUT2D eigenvalue weighted by Gasteiger charge is -2.41. The summed E-state index contributed by atoms with van der Waals surface area (Å²) in [5, 5.41) is 21.9. The topological polar surface area (TPSA) is 158 Å². The van der Waals surface area contributed by atoms with Crippen LogP contribution in [0.4, 0.5) is 4.79 Å². The summed E-state index contributed by atoms with van der Waals surface area (Å²) in [6.07, 6.45) is -0.823. The molecule has 13 heteroatoms. The molecule has 260 valence electrons. The monoisotopic (exact) mass is 670 g/mol. The highest BCUT2D eigenvalue weighted by molar-refractivity contribution is 5.87. The van der Waals surface area contributed by atoms with E-state index in [-0.39, 0.29) is 19.8 Å². The fourth-order valence-electron chi connectivity index (χ4n) is 4.47. The maximum atomic E-state index is 12.8. The Bertz CT molecular complexity index is 1400. The second-order valence-corrected chi connectivity index (χ2v) is 10.1. The number of benzene rings is 2. The minimum absolute atomic E-state index is 0.0513. The third-order valence-corrected chi connectivity index (χ3v) is 6.79. The Kier molecular flexibility index (Phi) is 15.5. The van der Waals surface area contributed by atoms with E-state index in [0.29, 0.717) is 41.6 Å². The van der Waals surface area contributed by atoms with Gasteiger partial charge in [0, 0.05) is 6.08 Å². The van der Waals surface area contributed by atoms with Crippen molar-refractivity contribution >= 4 is 18.2 Å². The number of carbonyl (C=O) groups is 2. The van der Waals surface area contributed by atoms with Crippen LogP contribution in [0.1, 0.15) is 11.1 Å². The number of aliphatic hydroxyl groups excluding tert-OH is 2. The second-order valence-electron chi connectivity index (χ2n) is 10.1. The first-order valence-corrected chi connectivity index (χ1v) is 15.0. The van der Waals surface area contributed by atoms with Crippen molar-refractivity contribution in [2.75, 3.05) is 47.3 Å². The van der Waals surface area contributed by atoms with E-state index in [1.807, 2.05) is 6.07 Å². The third-order valence-electron chi connectivity index (χ3n) is 6.79. The van der Waals surface area contributed by atoms with Crippen LogP contribution >= 0.6 is 0 Å². The van der Waals surface area contributed by atoms with E-state index in [2.05, 4.69) is 19.7 Å². The largest absolute Gasteiger partial charge is 0.508 e. The first-order valence-electron chi connectivity index (χ1n) is 15.0. The average Bonchev–Trinajstić information content (AvgIpc) is 3.10. The molecule has 2 N–H and O–H groups in total. The van der Waals surface area contributed by atoms with Crippen LogP contribution in [0.5, 0.6) is 23.0 Å². The summed E-state index contributed by atoms with van der Waals surface area (Å²) < 4.78 is 48.9. The van der Waals surface area contributed by atoms with Crippen LogP contribution in [0.25, 0.3) is 6.08 Å². The van der Waals surface area contributed by atoms with Crippen molar-refractivity contribution in [3.63, 3.8) is 0 Å². The Hall–Kier alpha value is -4.82. The quantitative estimate of drug-likeness (QED) is 0.126. The van der Waals surface area contributed by atoms with Gasteiger partial charge in [0.15, 0.2) is 35.4 Å². The molecule has 0 aromatic heterocycles. The lowest BCUT2D eigenvalue weighted by Crippen LogP contribution is -2.60. The summed E-state index contributed by atoms with van der Waals surface area (Å²) in [5.74, 6) is 1.13. The normalized spacial score (nSPS) is 20.3. The van der Waals surface area contributed by atoms with Crippen LogP contribution in [0.3, 0.4) is 0 Å². The van der Waals surface area contributed by atoms with E-state index in [4.69, 9.17) is 42.6 Å². The molecule has 3 rings (SSSR count). The summed E-state index contributed by atoms with van der Waals surface area (Å²) in [4.78, 5) is 24.8. The summed E-state index contributed by atoms with van der Waals surface area (Å²) >= 11 is 0. The average molecular weight is 671 g/mol. The zero-order chi connectivity index (χ0) is 34.9. The SMILES string of the molecule is C=CCOC(=O)OC[C@@H]1O[C@H](OCCc2ccc(OCC=C)c(OCC=C)c2)[C@@H](O)[C@H](O)[C@H]1OC(=O)/C=C/c1ccc(OC)c(OC)c1. The smallest absolute Gasteiger partial charge is 0.493 e. The Morgan fingerprint density at radius 1 is 0.833 bits per heavy atom. The Balaban J connectivity index is 1.69. The maximum absolute atomic E-state index is 12.8. The van der Waals surface area contributed by atoms with Crippen LogP contribution < -0.4 is 18.9 Å². The van der Waals surface area contributed by atoms with E-state index in [1.54, 1.807) is 42.5 Å². The van der Waals surface area contributed by atoms with E-state index < -0.39 is 49.4 Å². The summed E-state index contributed by atoms with van der Waals surface area (Å²) in [5.41, 5.74) is 1.42. The molecule has 1 aliphatic rings. The van der Waals surface area contributed by atoms with Crippen LogP contribution in [-0.2, 0) is 34.9 Å². The molecule has 0 amide bonds. The fourth-order valence-corrected chi connectivity index (χ4v) is 4.47. The van der Waals surface area contributed by atoms with Gasteiger partial charge in [-0.05, 0) is 47.9 Å². The predicted octanol–water partition coefficient (Wildman–Crippen LogP) is 3.80. The number of hydrogen-bond donors (Lipinski definition) is 2. The molecular formula is C35H42O13. The Morgan fingerprint density at radius 3 is 2.21 bits per heavy atom. The zero-order valence-electron chi connectivity index (χ0n) is 27.0. The minimum Gasteiger partial charge on any atom is -0.493 e. The van der Waals surface area contributed by atoms with Gasteiger partial charge in [-0.15, -0.1) is 0 Å². The Labute approximate surface area is 279 Å². The highest BCUT2D eigenvalue weighted by atomic mass is 16.7. The van der Waals surface area contributed by atoms with Crippen molar-refractivity contribution in [1.82, 2.24) is 0 Å². The number of ether oxygens (including phenoxy) is 9. The lowest BCUT2D eigenvalue weighted by atomic mass is 9.99. The lowest BCUT2D eigenvalue weighted by molar-refractivity contribution is -0.302. The van der Waals surface area contributed by atoms with Crippen LogP contribution in [0.15, 0.2) is 80.4 Å². The number of rotatable bonds is 19. The minimum atomic E-state index is -1.67. The van der Waals surface area contributed by atoms with E-state index in [9.17, 15) is 19.8 Å². The Morgan fingerprint density at radius 2 is 1.52 bits per heavy atom. The van der Waals surface area contributed by atoms with Gasteiger partial charge in [-0.1, -0.05) is 50.1 Å². The number of hydrogen-bond acceptors (Lipinski definition) is 13. The molecule has 0 bridgehead atoms. The molecular weight excluding hydrogens is 628 g/mol. The molecule has 1 aliphatic heterocycles. The summed E-state index contributed by atoms with van der Waals surface area (Å²) in [7, 11) is 2.99. The van der Waals surface area contributed by atoms with Gasteiger partial charge in [0.25, 0.3) is 0 Å². The van der Waals surface area contributed by atoms with Gasteiger partial charge < -0.3 is 52.8 Å². The molecule has 2 aromatic carbocycles. The predicted molar refractivity (Wildman–Crippen MR) is 174 cm³/mol. The second kappa shape index (κ2) is 19.8. The number of carbonyl (C=O) groups excluding carboxylic acids is 2. The van der Waals surface area contributed by atoms with Gasteiger partial charge in [-0.3, -0.25) is 0 Å². The van der Waals surface area contributed by atoms with Gasteiger partial charge >= 0.3 is 12.1 Å². The molecule has 0 saturated carbocycles. The maximum Gasteiger partial charge on any atom is 0.508 e. The summed E-state index contributed by atoms with van der Waals surface area (Å²) in [6, 6.07) is 10.4. The van der Waals surface area contributed by atoms with Gasteiger partial charge in [-0.2, -0.15) is 0 Å². The molecule has 5 atom stereocenters. The fraction of sp³-hybridized carbons (Fsp3) is 0.371. The molecule has 1 fully saturated rings. The zero-order valence-corrected chi connectivity index (χ0v) is 27.0. The highest BCUT2D eigenvalue weighted by Gasteiger charge is 2.47. The number of esters is 1. The van der Waals surface area contributed by atoms with Crippen molar-refractivity contribution in [1.29, 1.82) is 0 Å². The molecule has 13 nitrogen and oxygen atoms in total. The third kappa shape index (κ3) is 11.2. The highest BCUT2D eigenvalue weighted by Crippen LogP contribution is 2.30. The van der Waals surface area contributed by atoms with Gasteiger partial charge in [0.1, 0.15) is 44.7 Å². The van der Waals surface area contributed by atoms with Crippen molar-refractivity contribution in [2.24, 2.45) is 0 Å². The van der Waals surface area contributed by atoms with E-state index in [1.165, 1.54) is 26.4 Å². The van der Waals surface area contributed by atoms with Crippen LogP contribution in [0.2, 0.25) is 0 Å². The standard InChI is InChI=1S/C35H42O13/c1-6-16-42-26-13-10-24(21-28(26)43-17-7-2)15-19-44-34-32(38)31(37)33(29(47-34)22-46-35(39)45-18-8-3)48-30(36)14-11-23-9-12-25(40-4)27(20-23)41-5/h6-14,20-21,29,31-34,37-38H,1-3,15-19,22H2,4-5H3/b14-11+/t29-,31-,32-,33-,34-/m0/s1. The molecule has 1 heterocycles. The van der Waals surface area contributed by atoms with Crippen LogP contribution in [0, 0.1) is 0 Å². The van der Waals surface area contributed by atoms with Gasteiger partial charge in [-0.25, -0.2) is 9.59 Å². The van der Waals surface area contributed by atoms with Gasteiger partial charge in [0.05, 0.1) is 20.8 Å². The summed E-state index contributed by atoms with van der Waals surface area (Å²) in [6.45, 7) is 10.8. The van der Waals surface area contributed by atoms with E-state index in [0.717, 1.165) is 11.6 Å². The van der Waals surface area contributed by atoms with Crippen LogP contribution in [-0.4, -0.2) is 100 Å². The number of aliphatic hydroxyl groups is 2. The molecule has 1 saturated heterocycles. The van der Waals surface area contributed by atoms with Gasteiger partial charge in [0.2, 0.25) is 0 Å². The van der Waals surface area contributed by atoms with Crippen molar-refractivity contribution in [3.8, 4) is 23.0 Å². The molecule has 0 radical (unpaired) electrons. The van der Waals surface area contributed by atoms with Crippen molar-refractivity contribution in [3.05, 3.63) is 91.6 Å². The number of methoxy groups -OCH3 is 2. The first-order chi connectivity index (χ1) is 23.2. The van der Waals surface area contributed by atoms with Crippen molar-refractivity contribution < 1.29 is 62.4 Å². The molecule has 0 aliphatic carbocycles. The molecule has 0 spiro atoms. The molecule has 48 heavy (non-hydrogen) atoms. The van der Waals surface area contributed by atoms with E-state index >= 15 is 0 Å². The first kappa shape index (κ1) is 37.6. The van der Waals surface area contributed by atoms with Crippen molar-refractivity contribution in [2.45, 2.75) is 37.1 Å². The molecule has 2 aromatic rings.